The van der Waals surface area contributed by atoms with E-state index in [1.54, 1.807) is 18.2 Å². The van der Waals surface area contributed by atoms with E-state index in [1.165, 1.54) is 4.31 Å². The molecule has 0 N–H and O–H groups in total. The molecule has 4 nitrogen and oxygen atoms in total. The summed E-state index contributed by atoms with van der Waals surface area (Å²) in [6.45, 7) is 6.52. The summed E-state index contributed by atoms with van der Waals surface area (Å²) in [6, 6.07) is 7.02. The Morgan fingerprint density at radius 3 is 2.39 bits per heavy atom. The molecule has 0 spiro atoms. The fraction of sp³-hybridized carbons (Fsp3) is 0.538. The molecule has 0 saturated carbocycles. The number of sulfonamides is 1. The molecule has 0 unspecified atom stereocenters. The van der Waals surface area contributed by atoms with E-state index < -0.39 is 10.0 Å². The van der Waals surface area contributed by atoms with Crippen molar-refractivity contribution in [1.29, 1.82) is 0 Å². The van der Waals surface area contributed by atoms with Crippen molar-refractivity contribution in [1.82, 2.24) is 4.31 Å². The first kappa shape index (κ1) is 13.5. The number of benzene rings is 1. The van der Waals surface area contributed by atoms with Crippen LogP contribution >= 0.6 is 0 Å². The molecule has 0 radical (unpaired) electrons. The van der Waals surface area contributed by atoms with Crippen LogP contribution in [0.2, 0.25) is 0 Å². The van der Waals surface area contributed by atoms with Crippen LogP contribution in [0.4, 0.5) is 0 Å². The molecule has 0 bridgehead atoms. The number of hydrogen-bond acceptors (Lipinski definition) is 3. The molecule has 1 aliphatic rings. The Labute approximate surface area is 109 Å². The number of morpholine rings is 1. The lowest BCUT2D eigenvalue weighted by molar-refractivity contribution is -0.0440. The predicted octanol–water partition coefficient (Wildman–Crippen LogP) is 1.79. The van der Waals surface area contributed by atoms with E-state index in [1.807, 2.05) is 26.8 Å². The third kappa shape index (κ3) is 2.74. The summed E-state index contributed by atoms with van der Waals surface area (Å²) in [5.41, 5.74) is 0.949. The van der Waals surface area contributed by atoms with E-state index in [-0.39, 0.29) is 12.2 Å². The van der Waals surface area contributed by atoms with Gasteiger partial charge in [-0.15, -0.1) is 0 Å². The molecule has 2 rings (SSSR count). The van der Waals surface area contributed by atoms with E-state index in [2.05, 4.69) is 0 Å². The summed E-state index contributed by atoms with van der Waals surface area (Å²) >= 11 is 0. The molecule has 1 aromatic carbocycles. The van der Waals surface area contributed by atoms with Gasteiger partial charge in [0.05, 0.1) is 17.1 Å². The quantitative estimate of drug-likeness (QED) is 0.822. The van der Waals surface area contributed by atoms with Crippen molar-refractivity contribution in [2.45, 2.75) is 37.9 Å². The standard InChI is InChI=1S/C13H19NO3S/c1-10-5-4-6-13(7-10)18(15,16)14-8-11(2)17-12(3)9-14/h4-7,11-12H,8-9H2,1-3H3/t11-,12-/m0/s1. The van der Waals surface area contributed by atoms with E-state index in [9.17, 15) is 8.42 Å². The first-order valence-corrected chi connectivity index (χ1v) is 7.56. The normalized spacial score (nSPS) is 26.2. The summed E-state index contributed by atoms with van der Waals surface area (Å²) in [5.74, 6) is 0. The zero-order valence-corrected chi connectivity index (χ0v) is 11.8. The number of hydrogen-bond donors (Lipinski definition) is 0. The van der Waals surface area contributed by atoms with Gasteiger partial charge in [-0.3, -0.25) is 0 Å². The summed E-state index contributed by atoms with van der Waals surface area (Å²) in [5, 5.41) is 0. The van der Waals surface area contributed by atoms with Crippen molar-refractivity contribution in [2.75, 3.05) is 13.1 Å². The molecular formula is C13H19NO3S. The van der Waals surface area contributed by atoms with Crippen molar-refractivity contribution < 1.29 is 13.2 Å². The average Bonchev–Trinajstić information content (AvgIpc) is 2.27. The Bertz CT molecular complexity index is 517. The van der Waals surface area contributed by atoms with Gasteiger partial charge in [-0.25, -0.2) is 8.42 Å². The molecule has 5 heteroatoms. The van der Waals surface area contributed by atoms with Crippen LogP contribution in [0.25, 0.3) is 0 Å². The highest BCUT2D eigenvalue weighted by atomic mass is 32.2. The van der Waals surface area contributed by atoms with Crippen LogP contribution in [0.5, 0.6) is 0 Å². The molecule has 2 atom stereocenters. The number of ether oxygens (including phenoxy) is 1. The number of rotatable bonds is 2. The third-order valence-electron chi connectivity index (χ3n) is 3.01. The molecule has 0 amide bonds. The Morgan fingerprint density at radius 2 is 1.83 bits per heavy atom. The minimum Gasteiger partial charge on any atom is -0.373 e. The molecule has 1 aliphatic heterocycles. The highest BCUT2D eigenvalue weighted by Crippen LogP contribution is 2.21. The van der Waals surface area contributed by atoms with Crippen LogP contribution in [0.3, 0.4) is 0 Å². The van der Waals surface area contributed by atoms with Crippen LogP contribution in [0, 0.1) is 6.92 Å². The number of nitrogens with zero attached hydrogens (tertiary/aromatic N) is 1. The summed E-state index contributed by atoms with van der Waals surface area (Å²) < 4.78 is 32.1. The molecule has 0 aromatic heterocycles. The van der Waals surface area contributed by atoms with Gasteiger partial charge in [0.1, 0.15) is 0 Å². The molecule has 1 saturated heterocycles. The topological polar surface area (TPSA) is 46.6 Å². The van der Waals surface area contributed by atoms with Crippen molar-refractivity contribution in [3.63, 3.8) is 0 Å². The maximum Gasteiger partial charge on any atom is 0.243 e. The number of aryl methyl sites for hydroxylation is 1. The molecule has 1 fully saturated rings. The van der Waals surface area contributed by atoms with Crippen LogP contribution in [0.15, 0.2) is 29.2 Å². The molecule has 100 valence electrons. The highest BCUT2D eigenvalue weighted by molar-refractivity contribution is 7.89. The monoisotopic (exact) mass is 269 g/mol. The third-order valence-corrected chi connectivity index (χ3v) is 4.84. The second-order valence-corrected chi connectivity index (χ2v) is 6.83. The van der Waals surface area contributed by atoms with E-state index in [0.717, 1.165) is 5.56 Å². The minimum atomic E-state index is -3.40. The zero-order valence-electron chi connectivity index (χ0n) is 11.0. The maximum atomic E-state index is 12.5. The van der Waals surface area contributed by atoms with Gasteiger partial charge >= 0.3 is 0 Å². The van der Waals surface area contributed by atoms with Gasteiger partial charge in [0, 0.05) is 13.1 Å². The Balaban J connectivity index is 2.31. The zero-order chi connectivity index (χ0) is 13.3. The van der Waals surface area contributed by atoms with Gasteiger partial charge in [0.2, 0.25) is 10.0 Å². The van der Waals surface area contributed by atoms with Gasteiger partial charge in [0.15, 0.2) is 0 Å². The first-order valence-electron chi connectivity index (χ1n) is 6.12. The highest BCUT2D eigenvalue weighted by Gasteiger charge is 2.32. The van der Waals surface area contributed by atoms with Gasteiger partial charge in [0.25, 0.3) is 0 Å². The molecule has 1 aromatic rings. The summed E-state index contributed by atoms with van der Waals surface area (Å²) in [4.78, 5) is 0.365. The minimum absolute atomic E-state index is 0.0617. The van der Waals surface area contributed by atoms with Gasteiger partial charge in [-0.05, 0) is 38.5 Å². The van der Waals surface area contributed by atoms with E-state index in [4.69, 9.17) is 4.74 Å². The SMILES string of the molecule is Cc1cccc(S(=O)(=O)N2C[C@H](C)O[C@@H](C)C2)c1. The fourth-order valence-electron chi connectivity index (χ4n) is 2.25. The summed E-state index contributed by atoms with van der Waals surface area (Å²) in [6.07, 6.45) is -0.123. The molecule has 18 heavy (non-hydrogen) atoms. The van der Waals surface area contributed by atoms with Crippen LogP contribution < -0.4 is 0 Å². The molecule has 1 heterocycles. The second kappa shape index (κ2) is 4.99. The average molecular weight is 269 g/mol. The van der Waals surface area contributed by atoms with Crippen molar-refractivity contribution in [2.24, 2.45) is 0 Å². The maximum absolute atomic E-state index is 12.5. The lowest BCUT2D eigenvalue weighted by atomic mass is 10.2. The van der Waals surface area contributed by atoms with Gasteiger partial charge in [-0.1, -0.05) is 12.1 Å². The Morgan fingerprint density at radius 1 is 1.22 bits per heavy atom. The molecular weight excluding hydrogens is 250 g/mol. The Hall–Kier alpha value is -0.910. The van der Waals surface area contributed by atoms with Crippen molar-refractivity contribution in [3.05, 3.63) is 29.8 Å². The van der Waals surface area contributed by atoms with Crippen molar-refractivity contribution in [3.8, 4) is 0 Å². The van der Waals surface area contributed by atoms with Crippen LogP contribution in [0.1, 0.15) is 19.4 Å². The lowest BCUT2D eigenvalue weighted by Gasteiger charge is -2.34. The largest absolute Gasteiger partial charge is 0.373 e. The van der Waals surface area contributed by atoms with Crippen molar-refractivity contribution >= 4 is 10.0 Å². The van der Waals surface area contributed by atoms with Crippen LogP contribution in [-0.2, 0) is 14.8 Å². The Kier molecular flexibility index (Phi) is 3.75. The molecule has 0 aliphatic carbocycles. The predicted molar refractivity (Wildman–Crippen MR) is 69.9 cm³/mol. The second-order valence-electron chi connectivity index (χ2n) is 4.90. The van der Waals surface area contributed by atoms with Gasteiger partial charge < -0.3 is 4.74 Å². The van der Waals surface area contributed by atoms with E-state index >= 15 is 0 Å². The smallest absolute Gasteiger partial charge is 0.243 e. The lowest BCUT2D eigenvalue weighted by Crippen LogP contribution is -2.48. The van der Waals surface area contributed by atoms with Gasteiger partial charge in [-0.2, -0.15) is 4.31 Å². The first-order chi connectivity index (χ1) is 8.39. The summed E-state index contributed by atoms with van der Waals surface area (Å²) in [7, 11) is -3.40. The van der Waals surface area contributed by atoms with E-state index in [0.29, 0.717) is 18.0 Å². The van der Waals surface area contributed by atoms with Crippen LogP contribution in [-0.4, -0.2) is 38.0 Å². The fourth-order valence-corrected chi connectivity index (χ4v) is 3.95.